The third kappa shape index (κ3) is 2.55. The highest BCUT2D eigenvalue weighted by Gasteiger charge is 2.16. The molecule has 0 aliphatic rings. The molecule has 0 fully saturated rings. The van der Waals surface area contributed by atoms with Gasteiger partial charge in [-0.15, -0.1) is 0 Å². The number of hydrogen-bond donors (Lipinski definition) is 0. The van der Waals surface area contributed by atoms with E-state index in [0.717, 1.165) is 0 Å². The number of ketones is 1. The molecule has 4 heteroatoms. The Labute approximate surface area is 95.4 Å². The van der Waals surface area contributed by atoms with Crippen LogP contribution in [0.4, 0.5) is 4.39 Å². The molecule has 1 atom stereocenters. The number of halogens is 3. The van der Waals surface area contributed by atoms with Crippen LogP contribution in [0.2, 0.25) is 5.02 Å². The van der Waals surface area contributed by atoms with Crippen LogP contribution in [-0.2, 0) is 11.5 Å². The predicted molar refractivity (Wildman–Crippen MR) is 58.6 cm³/mol. The molecule has 0 aromatic heterocycles. The molecule has 1 rings (SSSR count). The van der Waals surface area contributed by atoms with E-state index in [2.05, 4.69) is 15.9 Å². The van der Waals surface area contributed by atoms with Gasteiger partial charge in [0, 0.05) is 5.02 Å². The number of Topliss-reactive ketones (excluding diaryl/α,β-unsaturated/α-hetero) is 1. The lowest BCUT2D eigenvalue weighted by atomic mass is 10.0. The zero-order valence-corrected chi connectivity index (χ0v) is 9.90. The molecule has 0 aliphatic carbocycles. The summed E-state index contributed by atoms with van der Waals surface area (Å²) in [6, 6.07) is 4.85. The Kier molecular flexibility index (Phi) is 4.08. The molecule has 0 bridgehead atoms. The predicted octanol–water partition coefficient (Wildman–Crippen LogP) is 3.83. The zero-order chi connectivity index (χ0) is 10.7. The lowest BCUT2D eigenvalue weighted by Crippen LogP contribution is -2.04. The molecule has 1 aromatic carbocycles. The molecule has 0 heterocycles. The van der Waals surface area contributed by atoms with Crippen molar-refractivity contribution in [2.45, 2.75) is 18.4 Å². The van der Waals surface area contributed by atoms with Crippen molar-refractivity contribution in [2.24, 2.45) is 0 Å². The molecule has 0 saturated heterocycles. The fourth-order valence-corrected chi connectivity index (χ4v) is 1.80. The molecule has 0 saturated carbocycles. The lowest BCUT2D eigenvalue weighted by molar-refractivity contribution is -0.116. The maximum Gasteiger partial charge on any atom is 0.147 e. The van der Waals surface area contributed by atoms with Gasteiger partial charge in [0.1, 0.15) is 12.5 Å². The van der Waals surface area contributed by atoms with Crippen LogP contribution < -0.4 is 0 Å². The minimum Gasteiger partial charge on any atom is -0.298 e. The van der Waals surface area contributed by atoms with Gasteiger partial charge in [-0.1, -0.05) is 33.6 Å². The Balaban J connectivity index is 3.13. The van der Waals surface area contributed by atoms with Crippen LogP contribution >= 0.6 is 27.5 Å². The van der Waals surface area contributed by atoms with E-state index in [1.165, 1.54) is 13.0 Å². The fourth-order valence-electron chi connectivity index (χ4n) is 1.16. The van der Waals surface area contributed by atoms with Crippen LogP contribution in [0, 0.1) is 0 Å². The summed E-state index contributed by atoms with van der Waals surface area (Å²) in [5.41, 5.74) is 1.10. The second-order valence-electron chi connectivity index (χ2n) is 2.95. The van der Waals surface area contributed by atoms with Crippen molar-refractivity contribution < 1.29 is 9.18 Å². The van der Waals surface area contributed by atoms with Crippen LogP contribution in [-0.4, -0.2) is 5.78 Å². The summed E-state index contributed by atoms with van der Waals surface area (Å²) < 4.78 is 12.6. The lowest BCUT2D eigenvalue weighted by Gasteiger charge is -2.10. The molecule has 14 heavy (non-hydrogen) atoms. The fraction of sp³-hybridized carbons (Fsp3) is 0.300. The largest absolute Gasteiger partial charge is 0.298 e. The van der Waals surface area contributed by atoms with Gasteiger partial charge >= 0.3 is 0 Å². The van der Waals surface area contributed by atoms with Crippen LogP contribution in [0.25, 0.3) is 0 Å². The minimum absolute atomic E-state index is 0.0537. The van der Waals surface area contributed by atoms with Gasteiger partial charge in [0.2, 0.25) is 0 Å². The van der Waals surface area contributed by atoms with Crippen molar-refractivity contribution in [3.8, 4) is 0 Å². The number of benzene rings is 1. The van der Waals surface area contributed by atoms with Crippen LogP contribution in [0.1, 0.15) is 22.9 Å². The number of alkyl halides is 2. The SMILES string of the molecule is CC(=O)C(Br)c1ccc(Cl)cc1CF. The average Bonchev–Trinajstić information content (AvgIpc) is 2.16. The Hall–Kier alpha value is -0.410. The second-order valence-corrected chi connectivity index (χ2v) is 4.30. The molecule has 0 radical (unpaired) electrons. The number of carbonyl (C=O) groups excluding carboxylic acids is 1. The van der Waals surface area contributed by atoms with Gasteiger partial charge in [0.25, 0.3) is 0 Å². The van der Waals surface area contributed by atoms with Gasteiger partial charge in [0.15, 0.2) is 0 Å². The van der Waals surface area contributed by atoms with Gasteiger partial charge in [-0.05, 0) is 30.2 Å². The zero-order valence-electron chi connectivity index (χ0n) is 7.56. The van der Waals surface area contributed by atoms with Crippen molar-refractivity contribution in [3.63, 3.8) is 0 Å². The standard InChI is InChI=1S/C10H9BrClFO/c1-6(14)10(11)9-3-2-8(12)4-7(9)5-13/h2-4,10H,5H2,1H3. The first-order chi connectivity index (χ1) is 6.56. The molecule has 76 valence electrons. The normalized spacial score (nSPS) is 12.6. The molecule has 1 nitrogen and oxygen atoms in total. The molecule has 0 spiro atoms. The number of rotatable bonds is 3. The first-order valence-electron chi connectivity index (χ1n) is 4.05. The summed E-state index contributed by atoms with van der Waals surface area (Å²) in [6.07, 6.45) is 0. The van der Waals surface area contributed by atoms with Gasteiger partial charge in [-0.2, -0.15) is 0 Å². The van der Waals surface area contributed by atoms with E-state index < -0.39 is 11.5 Å². The van der Waals surface area contributed by atoms with Gasteiger partial charge in [-0.3, -0.25) is 4.79 Å². The van der Waals surface area contributed by atoms with Crippen molar-refractivity contribution in [3.05, 3.63) is 34.3 Å². The molecule has 1 aromatic rings. The van der Waals surface area contributed by atoms with E-state index in [1.54, 1.807) is 12.1 Å². The summed E-state index contributed by atoms with van der Waals surface area (Å²) in [5.74, 6) is -0.0537. The van der Waals surface area contributed by atoms with E-state index in [1.807, 2.05) is 0 Å². The number of hydrogen-bond acceptors (Lipinski definition) is 1. The Morgan fingerprint density at radius 1 is 1.64 bits per heavy atom. The average molecular weight is 280 g/mol. The van der Waals surface area contributed by atoms with Crippen molar-refractivity contribution >= 4 is 33.3 Å². The Bertz CT molecular complexity index is 354. The first kappa shape index (κ1) is 11.7. The van der Waals surface area contributed by atoms with E-state index in [9.17, 15) is 9.18 Å². The smallest absolute Gasteiger partial charge is 0.147 e. The quantitative estimate of drug-likeness (QED) is 0.769. The van der Waals surface area contributed by atoms with Crippen molar-refractivity contribution in [1.29, 1.82) is 0 Å². The van der Waals surface area contributed by atoms with E-state index in [0.29, 0.717) is 16.1 Å². The maximum absolute atomic E-state index is 12.6. The van der Waals surface area contributed by atoms with E-state index >= 15 is 0 Å². The number of carbonyl (C=O) groups is 1. The molecule has 1 unspecified atom stereocenters. The van der Waals surface area contributed by atoms with Gasteiger partial charge < -0.3 is 0 Å². The third-order valence-corrected chi connectivity index (χ3v) is 3.25. The molecular formula is C10H9BrClFO. The molecular weight excluding hydrogens is 270 g/mol. The summed E-state index contributed by atoms with van der Waals surface area (Å²) in [4.78, 5) is 10.6. The van der Waals surface area contributed by atoms with E-state index in [-0.39, 0.29) is 5.78 Å². The summed E-state index contributed by atoms with van der Waals surface area (Å²) in [7, 11) is 0. The molecule has 0 amide bonds. The maximum atomic E-state index is 12.6. The highest BCUT2D eigenvalue weighted by Crippen LogP contribution is 2.29. The summed E-state index contributed by atoms with van der Waals surface area (Å²) >= 11 is 8.92. The van der Waals surface area contributed by atoms with Crippen LogP contribution in [0.15, 0.2) is 18.2 Å². The summed E-state index contributed by atoms with van der Waals surface area (Å²) in [6.45, 7) is 0.835. The summed E-state index contributed by atoms with van der Waals surface area (Å²) in [5, 5.41) is 0.477. The van der Waals surface area contributed by atoms with Gasteiger partial charge in [-0.25, -0.2) is 4.39 Å². The monoisotopic (exact) mass is 278 g/mol. The minimum atomic E-state index is -0.620. The second kappa shape index (κ2) is 4.89. The van der Waals surface area contributed by atoms with E-state index in [4.69, 9.17) is 11.6 Å². The highest BCUT2D eigenvalue weighted by atomic mass is 79.9. The highest BCUT2D eigenvalue weighted by molar-refractivity contribution is 9.09. The van der Waals surface area contributed by atoms with Crippen LogP contribution in [0.3, 0.4) is 0 Å². The van der Waals surface area contributed by atoms with Crippen molar-refractivity contribution in [1.82, 2.24) is 0 Å². The van der Waals surface area contributed by atoms with Crippen molar-refractivity contribution in [2.75, 3.05) is 0 Å². The first-order valence-corrected chi connectivity index (χ1v) is 5.34. The Morgan fingerprint density at radius 2 is 2.29 bits per heavy atom. The van der Waals surface area contributed by atoms with Gasteiger partial charge in [0.05, 0.1) is 4.83 Å². The molecule has 0 aliphatic heterocycles. The topological polar surface area (TPSA) is 17.1 Å². The van der Waals surface area contributed by atoms with Crippen LogP contribution in [0.5, 0.6) is 0 Å². The Morgan fingerprint density at radius 3 is 2.79 bits per heavy atom. The third-order valence-electron chi connectivity index (χ3n) is 1.88. The molecule has 0 N–H and O–H groups in total.